The van der Waals surface area contributed by atoms with Crippen molar-refractivity contribution < 1.29 is 14.9 Å². The second-order valence-corrected chi connectivity index (χ2v) is 11.7. The average Bonchev–Trinajstić information content (AvgIpc) is 2.42. The third kappa shape index (κ3) is 3.68. The van der Waals surface area contributed by atoms with Crippen LogP contribution in [0.5, 0.6) is 23.0 Å². The first-order valence-corrected chi connectivity index (χ1v) is 13.0. The molecule has 0 fully saturated rings. The summed E-state index contributed by atoms with van der Waals surface area (Å²) in [6.07, 6.45) is 0. The summed E-state index contributed by atoms with van der Waals surface area (Å²) in [7, 11) is -2.22. The van der Waals surface area contributed by atoms with Crippen LogP contribution in [0.25, 0.3) is 0 Å². The van der Waals surface area contributed by atoms with Crippen molar-refractivity contribution >= 4 is 28.0 Å². The van der Waals surface area contributed by atoms with Crippen molar-refractivity contribution in [3.05, 3.63) is 36.4 Å². The molecule has 0 heterocycles. The molecule has 21 heavy (non-hydrogen) atoms. The molecule has 2 rings (SSSR count). The molecule has 0 aliphatic rings. The van der Waals surface area contributed by atoms with Crippen LogP contribution in [0.1, 0.15) is 0 Å². The van der Waals surface area contributed by atoms with Gasteiger partial charge in [-0.05, 0) is 46.8 Å². The van der Waals surface area contributed by atoms with E-state index in [4.69, 9.17) is 4.74 Å². The number of aromatic hydroxyl groups is 2. The first kappa shape index (κ1) is 15.7. The van der Waals surface area contributed by atoms with E-state index in [-0.39, 0.29) is 11.5 Å². The highest BCUT2D eigenvalue weighted by molar-refractivity contribution is 6.72. The van der Waals surface area contributed by atoms with Crippen LogP contribution in [-0.4, -0.2) is 27.8 Å². The minimum atomic E-state index is -1.11. The number of phenols is 2. The zero-order chi connectivity index (χ0) is 15.6. The molecule has 0 saturated carbocycles. The van der Waals surface area contributed by atoms with Crippen LogP contribution in [0, 0.1) is 0 Å². The van der Waals surface area contributed by atoms with Crippen LogP contribution in [0.15, 0.2) is 36.4 Å². The fourth-order valence-electron chi connectivity index (χ4n) is 2.28. The van der Waals surface area contributed by atoms with Crippen molar-refractivity contribution in [3.63, 3.8) is 0 Å². The Balaban J connectivity index is 2.43. The monoisotopic (exact) mass is 318 g/mol. The van der Waals surface area contributed by atoms with E-state index in [1.54, 1.807) is 24.3 Å². The van der Waals surface area contributed by atoms with E-state index in [9.17, 15) is 10.2 Å². The van der Waals surface area contributed by atoms with Crippen LogP contribution in [0.2, 0.25) is 26.2 Å². The third-order valence-electron chi connectivity index (χ3n) is 3.45. The lowest BCUT2D eigenvalue weighted by Crippen LogP contribution is -2.27. The van der Waals surface area contributed by atoms with Crippen LogP contribution >= 0.6 is 0 Å². The molecule has 0 amide bonds. The molecule has 0 aliphatic heterocycles. The largest absolute Gasteiger partial charge is 0.508 e. The second-order valence-electron chi connectivity index (χ2n) is 5.86. The van der Waals surface area contributed by atoms with Gasteiger partial charge in [0.05, 0.1) is 17.6 Å². The van der Waals surface area contributed by atoms with E-state index in [0.29, 0.717) is 0 Å². The van der Waals surface area contributed by atoms with Gasteiger partial charge in [-0.1, -0.05) is 26.2 Å². The molecule has 0 bridgehead atoms. The Morgan fingerprint density at radius 2 is 1.10 bits per heavy atom. The summed E-state index contributed by atoms with van der Waals surface area (Å²) in [5.41, 5.74) is 0. The van der Waals surface area contributed by atoms with Crippen molar-refractivity contribution in [2.45, 2.75) is 26.2 Å². The molecule has 5 heteroatoms. The van der Waals surface area contributed by atoms with E-state index < -0.39 is 17.6 Å². The molecule has 0 radical (unpaired) electrons. The zero-order valence-corrected chi connectivity index (χ0v) is 15.2. The van der Waals surface area contributed by atoms with E-state index >= 15 is 0 Å². The van der Waals surface area contributed by atoms with Crippen molar-refractivity contribution in [1.29, 1.82) is 0 Å². The van der Waals surface area contributed by atoms with E-state index in [0.717, 1.165) is 21.9 Å². The maximum atomic E-state index is 9.67. The number of hydrogen-bond acceptors (Lipinski definition) is 3. The average molecular weight is 319 g/mol. The van der Waals surface area contributed by atoms with Crippen LogP contribution in [0.4, 0.5) is 0 Å². The molecule has 0 aromatic heterocycles. The molecule has 2 aromatic carbocycles. The van der Waals surface area contributed by atoms with Gasteiger partial charge in [0, 0.05) is 0 Å². The van der Waals surface area contributed by atoms with Crippen LogP contribution < -0.4 is 15.1 Å². The Bertz CT molecular complexity index is 584. The number of hydrogen-bond donors (Lipinski definition) is 2. The molecule has 2 aromatic rings. The van der Waals surface area contributed by atoms with E-state index in [1.807, 2.05) is 12.1 Å². The van der Waals surface area contributed by atoms with Gasteiger partial charge >= 0.3 is 0 Å². The lowest BCUT2D eigenvalue weighted by Gasteiger charge is -2.17. The van der Waals surface area contributed by atoms with Crippen molar-refractivity contribution in [2.75, 3.05) is 0 Å². The van der Waals surface area contributed by atoms with Gasteiger partial charge in [-0.2, -0.15) is 0 Å². The Hall–Kier alpha value is -1.73. The van der Waals surface area contributed by atoms with Crippen LogP contribution in [0.3, 0.4) is 0 Å². The first-order chi connectivity index (χ1) is 9.88. The smallest absolute Gasteiger partial charge is 0.126 e. The SMILES string of the molecule is C[SiH](C)c1cc(O)ccc1Oc1ccc(O)cc1[SiH](C)C. The summed E-state index contributed by atoms with van der Waals surface area (Å²) < 4.78 is 6.12. The number of ether oxygens (including phenoxy) is 1. The molecular formula is C16H22O3Si2. The molecule has 3 nitrogen and oxygen atoms in total. The third-order valence-corrected chi connectivity index (χ3v) is 6.84. The summed E-state index contributed by atoms with van der Waals surface area (Å²) >= 11 is 0. The lowest BCUT2D eigenvalue weighted by molar-refractivity contribution is 0.463. The highest BCUT2D eigenvalue weighted by Gasteiger charge is 2.15. The Labute approximate surface area is 129 Å². The normalized spacial score (nSPS) is 11.1. The quantitative estimate of drug-likeness (QED) is 0.850. The van der Waals surface area contributed by atoms with Crippen molar-refractivity contribution in [1.82, 2.24) is 0 Å². The number of rotatable bonds is 4. The standard InChI is InChI=1S/C16H22O3Si2/c1-20(2)15-9-11(17)5-7-13(15)19-14-8-6-12(18)10-16(14)21(3)4/h5-10,17-18,20-21H,1-4H3. The fourth-order valence-corrected chi connectivity index (χ4v) is 4.73. The summed E-state index contributed by atoms with van der Waals surface area (Å²) in [4.78, 5) is 0. The minimum absolute atomic E-state index is 0.280. The van der Waals surface area contributed by atoms with Gasteiger partial charge in [-0.15, -0.1) is 0 Å². The zero-order valence-electron chi connectivity index (χ0n) is 12.9. The molecule has 112 valence electrons. The fraction of sp³-hybridized carbons (Fsp3) is 0.250. The molecule has 2 N–H and O–H groups in total. The molecule has 0 aliphatic carbocycles. The Kier molecular flexibility index (Phi) is 4.74. The molecule has 0 unspecified atom stereocenters. The number of benzene rings is 2. The molecule has 0 atom stereocenters. The van der Waals surface area contributed by atoms with Gasteiger partial charge in [0.15, 0.2) is 0 Å². The van der Waals surface area contributed by atoms with Crippen LogP contribution in [-0.2, 0) is 0 Å². The van der Waals surface area contributed by atoms with Gasteiger partial charge in [0.1, 0.15) is 23.0 Å². The summed E-state index contributed by atoms with van der Waals surface area (Å²) in [5, 5.41) is 21.6. The molecular weight excluding hydrogens is 296 g/mol. The second kappa shape index (κ2) is 6.36. The van der Waals surface area contributed by atoms with Crippen molar-refractivity contribution in [3.8, 4) is 23.0 Å². The Morgan fingerprint density at radius 3 is 1.43 bits per heavy atom. The van der Waals surface area contributed by atoms with Crippen molar-refractivity contribution in [2.24, 2.45) is 0 Å². The predicted octanol–water partition coefficient (Wildman–Crippen LogP) is 2.28. The highest BCUT2D eigenvalue weighted by Crippen LogP contribution is 2.23. The topological polar surface area (TPSA) is 49.7 Å². The Morgan fingerprint density at radius 1 is 0.714 bits per heavy atom. The first-order valence-electron chi connectivity index (χ1n) is 7.22. The lowest BCUT2D eigenvalue weighted by atomic mass is 10.3. The van der Waals surface area contributed by atoms with Gasteiger partial charge in [-0.25, -0.2) is 0 Å². The van der Waals surface area contributed by atoms with E-state index in [2.05, 4.69) is 26.2 Å². The summed E-state index contributed by atoms with van der Waals surface area (Å²) in [5.74, 6) is 2.19. The predicted molar refractivity (Wildman–Crippen MR) is 93.3 cm³/mol. The maximum absolute atomic E-state index is 9.67. The molecule has 0 saturated heterocycles. The van der Waals surface area contributed by atoms with Gasteiger partial charge in [0.25, 0.3) is 0 Å². The summed E-state index contributed by atoms with van der Waals surface area (Å²) in [6, 6.07) is 10.6. The maximum Gasteiger partial charge on any atom is 0.126 e. The highest BCUT2D eigenvalue weighted by atomic mass is 28.3. The van der Waals surface area contributed by atoms with Gasteiger partial charge in [-0.3, -0.25) is 0 Å². The van der Waals surface area contributed by atoms with Gasteiger partial charge in [0.2, 0.25) is 0 Å². The number of phenolic OH excluding ortho intramolecular Hbond substituents is 2. The summed E-state index contributed by atoms with van der Waals surface area (Å²) in [6.45, 7) is 8.82. The minimum Gasteiger partial charge on any atom is -0.508 e. The van der Waals surface area contributed by atoms with E-state index in [1.165, 1.54) is 0 Å². The molecule has 0 spiro atoms. The van der Waals surface area contributed by atoms with Gasteiger partial charge < -0.3 is 14.9 Å².